The van der Waals surface area contributed by atoms with Gasteiger partial charge in [-0.2, -0.15) is 13.2 Å². The number of halogens is 3. The summed E-state index contributed by atoms with van der Waals surface area (Å²) in [5.41, 5.74) is 0. The Kier molecular flexibility index (Phi) is 5.58. The first-order chi connectivity index (χ1) is 7.04. The van der Waals surface area contributed by atoms with Crippen LogP contribution >= 0.6 is 0 Å². The normalized spacial score (nSPS) is 17.2. The Bertz CT molecular complexity index is 219. The molecule has 0 heterocycles. The summed E-state index contributed by atoms with van der Waals surface area (Å²) in [4.78, 5) is 19.1. The average Bonchev–Trinajstić information content (AvgIpc) is 2.13. The molecule has 0 saturated carbocycles. The van der Waals surface area contributed by atoms with Crippen molar-refractivity contribution in [2.45, 2.75) is 25.2 Å². The van der Waals surface area contributed by atoms with Gasteiger partial charge >= 0.3 is 23.8 Å². The highest BCUT2D eigenvalue weighted by molar-refractivity contribution is 6.74. The molecule has 1 atom stereocenters. The summed E-state index contributed by atoms with van der Waals surface area (Å²) < 4.78 is 49.5. The maximum absolute atomic E-state index is 11.9. The lowest BCUT2D eigenvalue weighted by Gasteiger charge is -2.28. The molecule has 0 aromatic carbocycles. The molecule has 0 aromatic heterocycles. The van der Waals surface area contributed by atoms with Crippen LogP contribution in [0, 0.1) is 0 Å². The van der Waals surface area contributed by atoms with Crippen LogP contribution in [0.2, 0.25) is 12.6 Å². The third kappa shape index (κ3) is 6.57. The van der Waals surface area contributed by atoms with Crippen LogP contribution in [0.4, 0.5) is 13.2 Å². The lowest BCUT2D eigenvalue weighted by Crippen LogP contribution is -2.54. The quantitative estimate of drug-likeness (QED) is 0.702. The van der Waals surface area contributed by atoms with Gasteiger partial charge in [0.2, 0.25) is 0 Å². The molecule has 98 valence electrons. The Labute approximate surface area is 93.5 Å². The molecule has 0 fully saturated rings. The summed E-state index contributed by atoms with van der Waals surface area (Å²) >= 11 is 0. The van der Waals surface area contributed by atoms with E-state index < -0.39 is 36.3 Å². The van der Waals surface area contributed by atoms with E-state index in [1.807, 2.05) is 0 Å². The van der Waals surface area contributed by atoms with Gasteiger partial charge in [0.05, 0.1) is 0 Å². The van der Waals surface area contributed by atoms with Crippen molar-refractivity contribution in [3.05, 3.63) is 0 Å². The fraction of sp³-hybridized carbons (Fsp3) is 1.00. The fourth-order valence-corrected chi connectivity index (χ4v) is 5.08. The average molecular weight is 280 g/mol. The Balaban J connectivity index is 4.34. The van der Waals surface area contributed by atoms with Crippen molar-refractivity contribution in [1.82, 2.24) is 0 Å². The summed E-state index contributed by atoms with van der Waals surface area (Å²) in [6.07, 6.45) is -5.55. The molecule has 0 amide bonds. The van der Waals surface area contributed by atoms with Crippen molar-refractivity contribution in [2.24, 2.45) is 0 Å². The number of rotatable bonds is 6. The van der Waals surface area contributed by atoms with Gasteiger partial charge in [-0.15, -0.1) is 0 Å². The minimum Gasteiger partial charge on any atom is -0.411 e. The van der Waals surface area contributed by atoms with Crippen LogP contribution < -0.4 is 0 Å². The van der Waals surface area contributed by atoms with Crippen molar-refractivity contribution in [2.75, 3.05) is 14.2 Å². The van der Waals surface area contributed by atoms with Crippen LogP contribution in [0.1, 0.15) is 6.42 Å². The summed E-state index contributed by atoms with van der Waals surface area (Å²) in [5.74, 6) is 0. The second-order valence-corrected chi connectivity index (χ2v) is 8.86. The molecule has 16 heavy (non-hydrogen) atoms. The second-order valence-electron chi connectivity index (χ2n) is 3.32. The predicted octanol–water partition coefficient (Wildman–Crippen LogP) is 0.740. The maximum Gasteiger partial charge on any atom is 0.667 e. The van der Waals surface area contributed by atoms with Crippen LogP contribution in [-0.2, 0) is 13.0 Å². The smallest absolute Gasteiger partial charge is 0.411 e. The Morgan fingerprint density at radius 2 is 1.56 bits per heavy atom. The highest BCUT2D eigenvalue weighted by Gasteiger charge is 2.48. The van der Waals surface area contributed by atoms with Gasteiger partial charge in [0.1, 0.15) is 0 Å². The minimum absolute atomic E-state index is 0.585. The number of hydrogen-bond donors (Lipinski definition) is 2. The van der Waals surface area contributed by atoms with Gasteiger partial charge in [-0.3, -0.25) is 0 Å². The van der Waals surface area contributed by atoms with E-state index in [1.165, 1.54) is 0 Å². The number of hydrogen-bond acceptors (Lipinski definition) is 5. The summed E-state index contributed by atoms with van der Waals surface area (Å²) in [6, 6.07) is -0.585. The van der Waals surface area contributed by atoms with Crippen molar-refractivity contribution < 1.29 is 35.7 Å². The van der Waals surface area contributed by atoms with Gasteiger partial charge in [0, 0.05) is 20.6 Å². The van der Waals surface area contributed by atoms with Gasteiger partial charge in [0.25, 0.3) is 0 Å². The first-order valence-corrected chi connectivity index (χ1v) is 8.59. The number of alkyl halides is 3. The summed E-state index contributed by atoms with van der Waals surface area (Å²) in [6.45, 7) is 1.13. The third-order valence-electron chi connectivity index (χ3n) is 1.74. The molecule has 0 aliphatic rings. The molecule has 0 aromatic rings. The molecule has 0 rings (SSSR count). The van der Waals surface area contributed by atoms with Gasteiger partial charge in [-0.25, -0.2) is 0 Å². The minimum atomic E-state index is -4.37. The molecule has 0 saturated heterocycles. The first kappa shape index (κ1) is 16.0. The van der Waals surface area contributed by atoms with Gasteiger partial charge in [-0.05, 0) is 12.6 Å². The van der Waals surface area contributed by atoms with E-state index in [1.54, 1.807) is 0 Å². The lowest BCUT2D eigenvalue weighted by molar-refractivity contribution is -0.131. The molecule has 0 aliphatic carbocycles. The molecule has 0 radical (unpaired) electrons. The van der Waals surface area contributed by atoms with E-state index in [2.05, 4.69) is 8.85 Å². The SMILES string of the molecule is CO[Si](O)(OC)O[Si](C)(O)CCC(F)(F)F. The molecule has 10 heteroatoms. The molecule has 2 N–H and O–H groups in total. The molecule has 0 spiro atoms. The third-order valence-corrected chi connectivity index (χ3v) is 6.74. The van der Waals surface area contributed by atoms with Crippen LogP contribution in [0.15, 0.2) is 0 Å². The van der Waals surface area contributed by atoms with Crippen LogP contribution in [0.5, 0.6) is 0 Å². The zero-order valence-electron chi connectivity index (χ0n) is 9.17. The highest BCUT2D eigenvalue weighted by atomic mass is 28.5. The Morgan fingerprint density at radius 3 is 1.88 bits per heavy atom. The molecule has 0 bridgehead atoms. The highest BCUT2D eigenvalue weighted by Crippen LogP contribution is 2.26. The zero-order chi connectivity index (χ0) is 13.0. The summed E-state index contributed by atoms with van der Waals surface area (Å²) in [7, 11) is -5.46. The monoisotopic (exact) mass is 280 g/mol. The lowest BCUT2D eigenvalue weighted by atomic mass is 10.5. The molecular formula is C6H15F3O5Si2. The van der Waals surface area contributed by atoms with E-state index in [0.717, 1.165) is 20.8 Å². The van der Waals surface area contributed by atoms with E-state index in [0.29, 0.717) is 0 Å². The van der Waals surface area contributed by atoms with Crippen molar-refractivity contribution >= 4 is 17.6 Å². The predicted molar refractivity (Wildman–Crippen MR) is 52.4 cm³/mol. The molecule has 5 nitrogen and oxygen atoms in total. The molecule has 1 unspecified atom stereocenters. The van der Waals surface area contributed by atoms with Crippen LogP contribution in [0.25, 0.3) is 0 Å². The maximum atomic E-state index is 11.9. The topological polar surface area (TPSA) is 68.2 Å². The van der Waals surface area contributed by atoms with Crippen molar-refractivity contribution in [3.63, 3.8) is 0 Å². The Morgan fingerprint density at radius 1 is 1.12 bits per heavy atom. The van der Waals surface area contributed by atoms with Gasteiger partial charge in [-0.1, -0.05) is 0 Å². The Hall–Kier alpha value is 0.0238. The fourth-order valence-electron chi connectivity index (χ4n) is 0.869. The largest absolute Gasteiger partial charge is 0.667 e. The molecular weight excluding hydrogens is 265 g/mol. The first-order valence-electron chi connectivity index (χ1n) is 4.35. The standard InChI is InChI=1S/C6H15F3O5Si2/c1-12-16(11,13-2)14-15(3,10)5-4-6(7,8)9/h10-11H,4-5H2,1-3H3. The van der Waals surface area contributed by atoms with E-state index in [9.17, 15) is 22.8 Å². The van der Waals surface area contributed by atoms with E-state index >= 15 is 0 Å². The van der Waals surface area contributed by atoms with Crippen LogP contribution in [-0.4, -0.2) is 47.6 Å². The van der Waals surface area contributed by atoms with Crippen LogP contribution in [0.3, 0.4) is 0 Å². The van der Waals surface area contributed by atoms with Gasteiger partial charge < -0.3 is 22.6 Å². The molecule has 0 aliphatic heterocycles. The summed E-state index contributed by atoms with van der Waals surface area (Å²) in [5, 5.41) is 0. The van der Waals surface area contributed by atoms with Gasteiger partial charge in [0.15, 0.2) is 0 Å². The van der Waals surface area contributed by atoms with Crippen molar-refractivity contribution in [3.8, 4) is 0 Å². The van der Waals surface area contributed by atoms with E-state index in [4.69, 9.17) is 4.12 Å². The second kappa shape index (κ2) is 5.57. The van der Waals surface area contributed by atoms with E-state index in [-0.39, 0.29) is 0 Å². The van der Waals surface area contributed by atoms with Crippen molar-refractivity contribution in [1.29, 1.82) is 0 Å². The zero-order valence-corrected chi connectivity index (χ0v) is 11.2.